The van der Waals surface area contributed by atoms with E-state index in [1.54, 1.807) is 60.7 Å². The minimum absolute atomic E-state index is 0.0419. The molecule has 0 aliphatic rings. The molecule has 0 fully saturated rings. The molecule has 1 unspecified atom stereocenters. The predicted molar refractivity (Wildman–Crippen MR) is 129 cm³/mol. The van der Waals surface area contributed by atoms with Crippen LogP contribution in [0.15, 0.2) is 88.9 Å². The summed E-state index contributed by atoms with van der Waals surface area (Å²) in [5, 5.41) is 12.5. The molecule has 3 aromatic carbocycles. The van der Waals surface area contributed by atoms with Gasteiger partial charge in [0.15, 0.2) is 6.61 Å². The Morgan fingerprint density at radius 3 is 2.38 bits per heavy atom. The molecule has 2 N–H and O–H groups in total. The molecule has 0 aromatic heterocycles. The van der Waals surface area contributed by atoms with Gasteiger partial charge < -0.3 is 4.74 Å². The number of amides is 1. The number of carbonyl (C=O) groups excluding carboxylic acids is 1. The van der Waals surface area contributed by atoms with Crippen molar-refractivity contribution in [2.75, 3.05) is 6.61 Å². The summed E-state index contributed by atoms with van der Waals surface area (Å²) >= 11 is 0. The summed E-state index contributed by atoms with van der Waals surface area (Å²) in [6.45, 7) is 1.83. The number of nitrogens with one attached hydrogen (secondary N) is 2. The first-order valence-corrected chi connectivity index (χ1v) is 11.9. The summed E-state index contributed by atoms with van der Waals surface area (Å²) in [4.78, 5) is 12.7. The maximum Gasteiger partial charge on any atom is 0.242 e. The molecule has 3 rings (SSSR count). The first-order chi connectivity index (χ1) is 16.4. The third kappa shape index (κ3) is 7.27. The number of sulfonamides is 1. The van der Waals surface area contributed by atoms with Gasteiger partial charge in [-0.25, -0.2) is 18.6 Å². The van der Waals surface area contributed by atoms with E-state index in [1.165, 1.54) is 18.3 Å². The zero-order valence-electron chi connectivity index (χ0n) is 18.5. The maximum absolute atomic E-state index is 12.9. The fourth-order valence-electron chi connectivity index (χ4n) is 3.06. The lowest BCUT2D eigenvalue weighted by molar-refractivity contribution is -0.121. The van der Waals surface area contributed by atoms with Crippen LogP contribution in [0.3, 0.4) is 0 Å². The summed E-state index contributed by atoms with van der Waals surface area (Å²) in [5.74, 6) is 0.0972. The van der Waals surface area contributed by atoms with Gasteiger partial charge in [-0.05, 0) is 54.4 Å². The van der Waals surface area contributed by atoms with Crippen molar-refractivity contribution >= 4 is 22.1 Å². The average molecular weight is 477 g/mol. The summed E-state index contributed by atoms with van der Waals surface area (Å²) in [6.07, 6.45) is 1.31. The molecule has 0 bridgehead atoms. The van der Waals surface area contributed by atoms with Gasteiger partial charge in [0, 0.05) is 6.42 Å². The van der Waals surface area contributed by atoms with Crippen molar-refractivity contribution in [3.63, 3.8) is 0 Å². The van der Waals surface area contributed by atoms with Crippen molar-refractivity contribution in [2.24, 2.45) is 5.10 Å². The molecule has 0 heterocycles. The molecule has 1 atom stereocenters. The first-order valence-electron chi connectivity index (χ1n) is 10.4. The van der Waals surface area contributed by atoms with Gasteiger partial charge in [0.1, 0.15) is 11.8 Å². The largest absolute Gasteiger partial charge is 0.479 e. The number of benzene rings is 3. The van der Waals surface area contributed by atoms with Crippen LogP contribution >= 0.6 is 0 Å². The van der Waals surface area contributed by atoms with E-state index in [2.05, 4.69) is 15.2 Å². The fraction of sp³-hybridized carbons (Fsp3) is 0.160. The molecule has 0 aliphatic carbocycles. The molecule has 1 amide bonds. The van der Waals surface area contributed by atoms with E-state index in [0.29, 0.717) is 16.9 Å². The number of aryl methyl sites for hydroxylation is 1. The summed E-state index contributed by atoms with van der Waals surface area (Å²) in [5.41, 5.74) is 4.75. The van der Waals surface area contributed by atoms with Gasteiger partial charge in [0.05, 0.1) is 17.2 Å². The standard InChI is InChI=1S/C25H24N4O4S/c1-19-7-13-23(14-8-19)34(31,32)29-24(21-5-3-2-4-6-21)17-25(30)28-27-18-20-9-11-22(12-10-20)33-16-15-26/h2-14,18,24,29H,16-17H2,1H3,(H,28,30)/b27-18+. The highest BCUT2D eigenvalue weighted by atomic mass is 32.2. The van der Waals surface area contributed by atoms with Gasteiger partial charge in [0.25, 0.3) is 0 Å². The quantitative estimate of drug-likeness (QED) is 0.343. The van der Waals surface area contributed by atoms with Crippen LogP contribution in [0, 0.1) is 18.3 Å². The molecule has 0 aliphatic heterocycles. The van der Waals surface area contributed by atoms with Gasteiger partial charge in [-0.3, -0.25) is 4.79 Å². The van der Waals surface area contributed by atoms with E-state index in [0.717, 1.165) is 5.56 Å². The SMILES string of the molecule is Cc1ccc(S(=O)(=O)NC(CC(=O)N/N=C/c2ccc(OCC#N)cc2)c2ccccc2)cc1. The first kappa shape index (κ1) is 24.6. The molecule has 34 heavy (non-hydrogen) atoms. The Hall–Kier alpha value is -4.00. The van der Waals surface area contributed by atoms with Crippen LogP contribution in [0.25, 0.3) is 0 Å². The Morgan fingerprint density at radius 1 is 1.06 bits per heavy atom. The highest BCUT2D eigenvalue weighted by molar-refractivity contribution is 7.89. The van der Waals surface area contributed by atoms with Gasteiger partial charge in [-0.1, -0.05) is 48.0 Å². The van der Waals surface area contributed by atoms with E-state index in [9.17, 15) is 13.2 Å². The van der Waals surface area contributed by atoms with Gasteiger partial charge in [-0.15, -0.1) is 0 Å². The molecule has 9 heteroatoms. The Morgan fingerprint density at radius 2 is 1.74 bits per heavy atom. The molecule has 0 spiro atoms. The van der Waals surface area contributed by atoms with E-state index in [-0.39, 0.29) is 17.9 Å². The van der Waals surface area contributed by atoms with E-state index < -0.39 is 22.0 Å². The van der Waals surface area contributed by atoms with Gasteiger partial charge in [-0.2, -0.15) is 10.4 Å². The third-order valence-corrected chi connectivity index (χ3v) is 6.29. The van der Waals surface area contributed by atoms with Crippen LogP contribution in [-0.2, 0) is 14.8 Å². The molecule has 3 aromatic rings. The van der Waals surface area contributed by atoms with Gasteiger partial charge in [0.2, 0.25) is 15.9 Å². The highest BCUT2D eigenvalue weighted by Crippen LogP contribution is 2.21. The fourth-order valence-corrected chi connectivity index (χ4v) is 4.29. The van der Waals surface area contributed by atoms with E-state index >= 15 is 0 Å². The number of hydrogen-bond donors (Lipinski definition) is 2. The summed E-state index contributed by atoms with van der Waals surface area (Å²) in [6, 6.07) is 23.3. The number of carbonyl (C=O) groups is 1. The second kappa shape index (κ2) is 11.7. The number of hydrazone groups is 1. The zero-order valence-corrected chi connectivity index (χ0v) is 19.3. The van der Waals surface area contributed by atoms with Crippen molar-refractivity contribution < 1.29 is 17.9 Å². The highest BCUT2D eigenvalue weighted by Gasteiger charge is 2.23. The number of ether oxygens (including phenoxy) is 1. The molecule has 0 saturated carbocycles. The molecule has 174 valence electrons. The van der Waals surface area contributed by atoms with E-state index in [4.69, 9.17) is 10.00 Å². The van der Waals surface area contributed by atoms with Crippen LogP contribution < -0.4 is 14.9 Å². The second-order valence-corrected chi connectivity index (χ2v) is 9.12. The van der Waals surface area contributed by atoms with E-state index in [1.807, 2.05) is 19.1 Å². The predicted octanol–water partition coefficient (Wildman–Crippen LogP) is 3.46. The smallest absolute Gasteiger partial charge is 0.242 e. The monoisotopic (exact) mass is 476 g/mol. The minimum atomic E-state index is -3.84. The maximum atomic E-state index is 12.9. The Bertz CT molecular complexity index is 1270. The minimum Gasteiger partial charge on any atom is -0.479 e. The van der Waals surface area contributed by atoms with Crippen molar-refractivity contribution in [1.82, 2.24) is 10.1 Å². The van der Waals surface area contributed by atoms with Crippen LogP contribution in [0.5, 0.6) is 5.75 Å². The molecular weight excluding hydrogens is 452 g/mol. The lowest BCUT2D eigenvalue weighted by Crippen LogP contribution is -2.32. The summed E-state index contributed by atoms with van der Waals surface area (Å²) < 4.78 is 33.6. The van der Waals surface area contributed by atoms with Crippen LogP contribution in [0.1, 0.15) is 29.2 Å². The van der Waals surface area contributed by atoms with Crippen molar-refractivity contribution in [3.05, 3.63) is 95.6 Å². The number of nitrogens with zero attached hydrogens (tertiary/aromatic N) is 2. The number of nitriles is 1. The van der Waals surface area contributed by atoms with Crippen LogP contribution in [0.4, 0.5) is 0 Å². The number of rotatable bonds is 10. The topological polar surface area (TPSA) is 121 Å². The molecule has 8 nitrogen and oxygen atoms in total. The Labute approximate surface area is 198 Å². The molecule has 0 radical (unpaired) electrons. The lowest BCUT2D eigenvalue weighted by atomic mass is 10.0. The van der Waals surface area contributed by atoms with Crippen molar-refractivity contribution in [3.8, 4) is 11.8 Å². The average Bonchev–Trinajstić information content (AvgIpc) is 2.84. The zero-order chi connectivity index (χ0) is 24.4. The van der Waals surface area contributed by atoms with Crippen LogP contribution in [0.2, 0.25) is 0 Å². The molecule has 0 saturated heterocycles. The Kier molecular flexibility index (Phi) is 8.51. The second-order valence-electron chi connectivity index (χ2n) is 7.41. The van der Waals surface area contributed by atoms with Crippen LogP contribution in [-0.4, -0.2) is 27.1 Å². The van der Waals surface area contributed by atoms with Gasteiger partial charge >= 0.3 is 0 Å². The van der Waals surface area contributed by atoms with Crippen molar-refractivity contribution in [2.45, 2.75) is 24.3 Å². The summed E-state index contributed by atoms with van der Waals surface area (Å²) in [7, 11) is -3.84. The normalized spacial score (nSPS) is 12.1. The Balaban J connectivity index is 1.67. The molecular formula is C25H24N4O4S. The van der Waals surface area contributed by atoms with Crippen molar-refractivity contribution in [1.29, 1.82) is 5.26 Å². The third-order valence-electron chi connectivity index (χ3n) is 4.81. The number of hydrogen-bond acceptors (Lipinski definition) is 6. The lowest BCUT2D eigenvalue weighted by Gasteiger charge is -2.18.